The summed E-state index contributed by atoms with van der Waals surface area (Å²) in [6, 6.07) is 16.3. The second-order valence-corrected chi connectivity index (χ2v) is 4.51. The number of imidazole rings is 1. The Bertz CT molecular complexity index is 533. The van der Waals surface area contributed by atoms with E-state index >= 15 is 0 Å². The predicted octanol–water partition coefficient (Wildman–Crippen LogP) is 3.19. The monoisotopic (exact) mass is 309 g/mol. The van der Waals surface area contributed by atoms with Crippen molar-refractivity contribution in [3.05, 3.63) is 72.3 Å². The number of hydrogen-bond donors (Lipinski definition) is 1. The van der Waals surface area contributed by atoms with E-state index < -0.39 is 0 Å². The smallest absolute Gasteiger partial charge is 0.400 e. The summed E-state index contributed by atoms with van der Waals surface area (Å²) in [6.45, 7) is 0. The molecule has 2 aromatic carbocycles. The van der Waals surface area contributed by atoms with E-state index in [-0.39, 0.29) is 17.1 Å². The van der Waals surface area contributed by atoms with Crippen molar-refractivity contribution in [2.24, 2.45) is 0 Å². The van der Waals surface area contributed by atoms with Crippen LogP contribution in [0.5, 0.6) is 0 Å². The van der Waals surface area contributed by atoms with Gasteiger partial charge in [0.1, 0.15) is 0 Å². The zero-order valence-corrected chi connectivity index (χ0v) is 12.8. The average Bonchev–Trinajstić information content (AvgIpc) is 3.15. The molecule has 0 aliphatic heterocycles. The van der Waals surface area contributed by atoms with Gasteiger partial charge in [-0.1, -0.05) is 5.69 Å². The first kappa shape index (κ1) is 16.3. The molecule has 0 spiro atoms. The maximum absolute atomic E-state index is 4.22. The third-order valence-electron chi connectivity index (χ3n) is 2.83. The van der Waals surface area contributed by atoms with Crippen molar-refractivity contribution < 1.29 is 17.1 Å². The summed E-state index contributed by atoms with van der Waals surface area (Å²) in [7, 11) is 4.11. The molecule has 20 heavy (non-hydrogen) atoms. The van der Waals surface area contributed by atoms with Crippen molar-refractivity contribution >= 4 is 5.69 Å². The van der Waals surface area contributed by atoms with Gasteiger partial charge in [-0.25, -0.2) is 23.2 Å². The standard InChI is InChI=1S/C11H14N3.C5H5.Fe/c1-14(2)10-5-3-4-9(10)8-11-12-6-7-13-11;1-2-4-5-3-1;/h3-7H,8H2,1-2H3,(H,12,13);1-5H;/q2*-1;+2. The first-order valence-corrected chi connectivity index (χ1v) is 6.34. The molecule has 1 aromatic heterocycles. The molecule has 106 valence electrons. The summed E-state index contributed by atoms with van der Waals surface area (Å²) >= 11 is 0. The first-order chi connectivity index (χ1) is 9.27. The van der Waals surface area contributed by atoms with E-state index in [1.54, 1.807) is 6.20 Å². The SMILES string of the molecule is CN(C)c1ccc[c-]1Cc1ncc[nH]1.[Fe+2].c1cc[cH-]c1. The van der Waals surface area contributed by atoms with Gasteiger partial charge >= 0.3 is 17.1 Å². The van der Waals surface area contributed by atoms with Gasteiger partial charge in [0.2, 0.25) is 0 Å². The van der Waals surface area contributed by atoms with E-state index in [9.17, 15) is 0 Å². The van der Waals surface area contributed by atoms with Crippen LogP contribution in [0.4, 0.5) is 5.69 Å². The fourth-order valence-corrected chi connectivity index (χ4v) is 1.93. The maximum atomic E-state index is 4.22. The fourth-order valence-electron chi connectivity index (χ4n) is 1.93. The molecule has 0 fully saturated rings. The van der Waals surface area contributed by atoms with Gasteiger partial charge < -0.3 is 9.88 Å². The molecule has 3 rings (SSSR count). The first-order valence-electron chi connectivity index (χ1n) is 6.34. The summed E-state index contributed by atoms with van der Waals surface area (Å²) in [4.78, 5) is 9.45. The van der Waals surface area contributed by atoms with E-state index in [1.165, 1.54) is 11.3 Å². The molecule has 4 heteroatoms. The van der Waals surface area contributed by atoms with Gasteiger partial charge in [-0.2, -0.15) is 30.3 Å². The largest absolute Gasteiger partial charge is 2.00 e. The van der Waals surface area contributed by atoms with Crippen LogP contribution in [0.1, 0.15) is 11.4 Å². The van der Waals surface area contributed by atoms with Crippen LogP contribution in [0.3, 0.4) is 0 Å². The third-order valence-corrected chi connectivity index (χ3v) is 2.83. The predicted molar refractivity (Wildman–Crippen MR) is 79.8 cm³/mol. The number of rotatable bonds is 3. The summed E-state index contributed by atoms with van der Waals surface area (Å²) < 4.78 is 0. The number of anilines is 1. The zero-order valence-electron chi connectivity index (χ0n) is 11.7. The van der Waals surface area contributed by atoms with E-state index in [0.29, 0.717) is 0 Å². The molecule has 0 saturated heterocycles. The molecule has 0 radical (unpaired) electrons. The molecule has 0 saturated carbocycles. The van der Waals surface area contributed by atoms with Crippen LogP contribution in [0.25, 0.3) is 0 Å². The van der Waals surface area contributed by atoms with Gasteiger partial charge in [0.05, 0.1) is 5.82 Å². The maximum Gasteiger partial charge on any atom is 2.00 e. The minimum Gasteiger partial charge on any atom is -0.400 e. The van der Waals surface area contributed by atoms with Gasteiger partial charge in [-0.15, -0.1) is 5.56 Å². The van der Waals surface area contributed by atoms with Gasteiger partial charge in [0.15, 0.2) is 0 Å². The molecule has 0 atom stereocenters. The van der Waals surface area contributed by atoms with Crippen molar-refractivity contribution in [3.8, 4) is 0 Å². The normalized spacial score (nSPS) is 9.30. The molecular formula is C16H19FeN3. The van der Waals surface area contributed by atoms with Crippen LogP contribution in [0, 0.1) is 0 Å². The summed E-state index contributed by atoms with van der Waals surface area (Å²) in [5, 5.41) is 0. The second kappa shape index (κ2) is 8.41. The Morgan fingerprint density at radius 3 is 2.50 bits per heavy atom. The molecule has 1 N–H and O–H groups in total. The molecule has 1 heterocycles. The van der Waals surface area contributed by atoms with Gasteiger partial charge in [-0.05, 0) is 6.42 Å². The van der Waals surface area contributed by atoms with Crippen LogP contribution in [-0.2, 0) is 23.5 Å². The Morgan fingerprint density at radius 1 is 1.25 bits per heavy atom. The quantitative estimate of drug-likeness (QED) is 0.595. The Labute approximate surface area is 130 Å². The van der Waals surface area contributed by atoms with Crippen molar-refractivity contribution in [2.45, 2.75) is 6.42 Å². The summed E-state index contributed by atoms with van der Waals surface area (Å²) in [5.41, 5.74) is 2.58. The zero-order chi connectivity index (χ0) is 13.5. The van der Waals surface area contributed by atoms with Crippen molar-refractivity contribution in [2.75, 3.05) is 19.0 Å². The van der Waals surface area contributed by atoms with Crippen molar-refractivity contribution in [1.82, 2.24) is 9.97 Å². The van der Waals surface area contributed by atoms with Crippen LogP contribution >= 0.6 is 0 Å². The molecule has 0 unspecified atom stereocenters. The molecule has 3 nitrogen and oxygen atoms in total. The van der Waals surface area contributed by atoms with Crippen LogP contribution in [-0.4, -0.2) is 24.1 Å². The number of hydrogen-bond acceptors (Lipinski definition) is 2. The Kier molecular flexibility index (Phi) is 6.85. The Morgan fingerprint density at radius 2 is 2.00 bits per heavy atom. The number of aromatic amines is 1. The average molecular weight is 309 g/mol. The van der Waals surface area contributed by atoms with E-state index in [4.69, 9.17) is 0 Å². The van der Waals surface area contributed by atoms with E-state index in [1.807, 2.05) is 36.5 Å². The van der Waals surface area contributed by atoms with E-state index in [0.717, 1.165) is 12.2 Å². The number of nitrogens with zero attached hydrogens (tertiary/aromatic N) is 2. The second-order valence-electron chi connectivity index (χ2n) is 4.51. The minimum absolute atomic E-state index is 0. The number of nitrogens with one attached hydrogen (secondary N) is 1. The van der Waals surface area contributed by atoms with Crippen molar-refractivity contribution in [3.63, 3.8) is 0 Å². The van der Waals surface area contributed by atoms with Gasteiger partial charge in [0, 0.05) is 26.5 Å². The van der Waals surface area contributed by atoms with Gasteiger partial charge in [-0.3, -0.25) is 0 Å². The van der Waals surface area contributed by atoms with Crippen LogP contribution in [0.2, 0.25) is 0 Å². The molecule has 3 aromatic rings. The molecule has 0 aliphatic carbocycles. The fraction of sp³-hybridized carbons (Fsp3) is 0.188. The summed E-state index contributed by atoms with van der Waals surface area (Å²) in [6.07, 6.45) is 4.51. The Hall–Kier alpha value is -1.77. The van der Waals surface area contributed by atoms with Crippen LogP contribution in [0.15, 0.2) is 60.9 Å². The molecule has 0 amide bonds. The Balaban J connectivity index is 0.000000283. The molecule has 0 bridgehead atoms. The molecule has 0 aliphatic rings. The molecular weight excluding hydrogens is 290 g/mol. The summed E-state index contributed by atoms with van der Waals surface area (Å²) in [5.74, 6) is 1.01. The third kappa shape index (κ3) is 4.72. The van der Waals surface area contributed by atoms with Gasteiger partial charge in [0.25, 0.3) is 0 Å². The topological polar surface area (TPSA) is 31.9 Å². The number of H-pyrrole nitrogens is 1. The number of aromatic nitrogens is 2. The van der Waals surface area contributed by atoms with E-state index in [2.05, 4.69) is 47.2 Å². The van der Waals surface area contributed by atoms with Crippen molar-refractivity contribution in [1.29, 1.82) is 0 Å². The minimum atomic E-state index is 0. The van der Waals surface area contributed by atoms with Crippen LogP contribution < -0.4 is 4.90 Å².